The molecule has 0 unspecified atom stereocenters. The topological polar surface area (TPSA) is 38.3 Å². The molecule has 0 aliphatic carbocycles. The van der Waals surface area contributed by atoms with Crippen LogP contribution in [0, 0.1) is 0 Å². The van der Waals surface area contributed by atoms with Crippen molar-refractivity contribution in [2.24, 2.45) is 0 Å². The molecular formula is C9H7Br2NO2. The van der Waals surface area contributed by atoms with Gasteiger partial charge in [0.15, 0.2) is 0 Å². The van der Waals surface area contributed by atoms with Gasteiger partial charge in [-0.25, -0.2) is 4.79 Å². The molecule has 1 aromatic carbocycles. The third-order valence-electron chi connectivity index (χ3n) is 2.02. The van der Waals surface area contributed by atoms with Crippen molar-refractivity contribution in [2.75, 3.05) is 6.61 Å². The molecule has 74 valence electrons. The maximum Gasteiger partial charge on any atom is 0.407 e. The number of halogens is 2. The van der Waals surface area contributed by atoms with Gasteiger partial charge < -0.3 is 10.1 Å². The lowest BCUT2D eigenvalue weighted by Gasteiger charge is -2.08. The summed E-state index contributed by atoms with van der Waals surface area (Å²) in [7, 11) is 0. The van der Waals surface area contributed by atoms with Gasteiger partial charge in [-0.1, -0.05) is 6.07 Å². The number of benzene rings is 1. The zero-order valence-electron chi connectivity index (χ0n) is 7.09. The fourth-order valence-electron chi connectivity index (χ4n) is 1.29. The number of hydrogen-bond donors (Lipinski definition) is 1. The van der Waals surface area contributed by atoms with Gasteiger partial charge in [0, 0.05) is 8.95 Å². The summed E-state index contributed by atoms with van der Waals surface area (Å²) in [6.07, 6.45) is -0.353. The van der Waals surface area contributed by atoms with E-state index in [0.29, 0.717) is 6.61 Å². The Labute approximate surface area is 98.1 Å². The van der Waals surface area contributed by atoms with Crippen LogP contribution in [-0.4, -0.2) is 12.7 Å². The Balaban J connectivity index is 2.24. The van der Waals surface area contributed by atoms with Gasteiger partial charge in [-0.2, -0.15) is 0 Å². The van der Waals surface area contributed by atoms with E-state index in [2.05, 4.69) is 37.2 Å². The molecule has 0 spiro atoms. The summed E-state index contributed by atoms with van der Waals surface area (Å²) < 4.78 is 6.77. The first kappa shape index (κ1) is 9.98. The molecule has 0 aromatic heterocycles. The van der Waals surface area contributed by atoms with E-state index >= 15 is 0 Å². The molecule has 2 rings (SSSR count). The average Bonchev–Trinajstić information content (AvgIpc) is 2.57. The molecular weight excluding hydrogens is 314 g/mol. The molecule has 1 atom stereocenters. The molecule has 0 saturated carbocycles. The SMILES string of the molecule is O=C1N[C@H](c2ccc(Br)c(Br)c2)CO1. The van der Waals surface area contributed by atoms with Gasteiger partial charge in [-0.15, -0.1) is 0 Å². The lowest BCUT2D eigenvalue weighted by molar-refractivity contribution is 0.177. The highest BCUT2D eigenvalue weighted by molar-refractivity contribution is 9.13. The number of hydrogen-bond acceptors (Lipinski definition) is 2. The largest absolute Gasteiger partial charge is 0.447 e. The maximum absolute atomic E-state index is 10.8. The van der Waals surface area contributed by atoms with Gasteiger partial charge in [0.25, 0.3) is 0 Å². The lowest BCUT2D eigenvalue weighted by Crippen LogP contribution is -2.18. The summed E-state index contributed by atoms with van der Waals surface area (Å²) in [6.45, 7) is 0.396. The Morgan fingerprint density at radius 1 is 1.36 bits per heavy atom. The van der Waals surface area contributed by atoms with Crippen molar-refractivity contribution in [2.45, 2.75) is 6.04 Å². The second-order valence-corrected chi connectivity index (χ2v) is 4.68. The molecule has 1 fully saturated rings. The number of alkyl carbamates (subject to hydrolysis) is 1. The van der Waals surface area contributed by atoms with Gasteiger partial charge in [-0.3, -0.25) is 0 Å². The van der Waals surface area contributed by atoms with Crippen LogP contribution < -0.4 is 5.32 Å². The predicted molar refractivity (Wildman–Crippen MR) is 59.1 cm³/mol. The third kappa shape index (κ3) is 1.93. The van der Waals surface area contributed by atoms with Crippen LogP contribution in [0.3, 0.4) is 0 Å². The Morgan fingerprint density at radius 3 is 2.71 bits per heavy atom. The van der Waals surface area contributed by atoms with Crippen LogP contribution in [0.1, 0.15) is 11.6 Å². The first-order valence-corrected chi connectivity index (χ1v) is 5.63. The normalized spacial score (nSPS) is 20.4. The number of cyclic esters (lactones) is 1. The molecule has 3 nitrogen and oxygen atoms in total. The molecule has 1 aliphatic rings. The summed E-state index contributed by atoms with van der Waals surface area (Å²) in [5, 5.41) is 2.72. The highest BCUT2D eigenvalue weighted by Gasteiger charge is 2.23. The Morgan fingerprint density at radius 2 is 2.14 bits per heavy atom. The van der Waals surface area contributed by atoms with Crippen LogP contribution in [0.5, 0.6) is 0 Å². The summed E-state index contributed by atoms with van der Waals surface area (Å²) in [4.78, 5) is 10.8. The first-order chi connectivity index (χ1) is 6.66. The highest BCUT2D eigenvalue weighted by Crippen LogP contribution is 2.27. The van der Waals surface area contributed by atoms with E-state index in [1.54, 1.807) is 0 Å². The molecule has 1 amide bonds. The third-order valence-corrected chi connectivity index (χ3v) is 3.90. The Kier molecular flexibility index (Phi) is 2.78. The quantitative estimate of drug-likeness (QED) is 0.864. The van der Waals surface area contributed by atoms with E-state index in [9.17, 15) is 4.79 Å². The molecule has 1 aliphatic heterocycles. The van der Waals surface area contributed by atoms with Gasteiger partial charge in [0.1, 0.15) is 6.61 Å². The first-order valence-electron chi connectivity index (χ1n) is 4.05. The summed E-state index contributed by atoms with van der Waals surface area (Å²) in [5.41, 5.74) is 1.03. The predicted octanol–water partition coefficient (Wildman–Crippen LogP) is 2.99. The molecule has 1 saturated heterocycles. The molecule has 1 heterocycles. The number of amides is 1. The summed E-state index contributed by atoms with van der Waals surface area (Å²) in [6, 6.07) is 5.81. The van der Waals surface area contributed by atoms with Crippen molar-refractivity contribution < 1.29 is 9.53 Å². The van der Waals surface area contributed by atoms with E-state index in [1.807, 2.05) is 18.2 Å². The molecule has 1 aromatic rings. The van der Waals surface area contributed by atoms with Gasteiger partial charge in [0.2, 0.25) is 0 Å². The van der Waals surface area contributed by atoms with Gasteiger partial charge >= 0.3 is 6.09 Å². The monoisotopic (exact) mass is 319 g/mol. The molecule has 0 bridgehead atoms. The van der Waals surface area contributed by atoms with E-state index in [4.69, 9.17) is 4.74 Å². The van der Waals surface area contributed by atoms with E-state index in [1.165, 1.54) is 0 Å². The fourth-order valence-corrected chi connectivity index (χ4v) is 1.94. The number of carbonyl (C=O) groups excluding carboxylic acids is 1. The average molecular weight is 321 g/mol. The standard InChI is InChI=1S/C9H7Br2NO2/c10-6-2-1-5(3-7(6)11)8-4-14-9(13)12-8/h1-3,8H,4H2,(H,12,13)/t8-/m0/s1. The van der Waals surface area contributed by atoms with Crippen molar-refractivity contribution in [3.05, 3.63) is 32.7 Å². The van der Waals surface area contributed by atoms with E-state index in [0.717, 1.165) is 14.5 Å². The zero-order valence-corrected chi connectivity index (χ0v) is 10.3. The fraction of sp³-hybridized carbons (Fsp3) is 0.222. The molecule has 5 heteroatoms. The number of carbonyl (C=O) groups is 1. The Hall–Kier alpha value is -0.550. The van der Waals surface area contributed by atoms with Crippen molar-refractivity contribution >= 4 is 38.0 Å². The van der Waals surface area contributed by atoms with Crippen LogP contribution in [0.15, 0.2) is 27.1 Å². The minimum Gasteiger partial charge on any atom is -0.447 e. The number of nitrogens with one attached hydrogen (secondary N) is 1. The Bertz CT molecular complexity index is 381. The van der Waals surface area contributed by atoms with E-state index < -0.39 is 0 Å². The molecule has 1 N–H and O–H groups in total. The second-order valence-electron chi connectivity index (χ2n) is 2.97. The highest BCUT2D eigenvalue weighted by atomic mass is 79.9. The van der Waals surface area contributed by atoms with E-state index in [-0.39, 0.29) is 12.1 Å². The smallest absolute Gasteiger partial charge is 0.407 e. The number of rotatable bonds is 1. The van der Waals surface area contributed by atoms with Crippen molar-refractivity contribution in [1.82, 2.24) is 5.32 Å². The van der Waals surface area contributed by atoms with Crippen LogP contribution in [0.2, 0.25) is 0 Å². The summed E-state index contributed by atoms with van der Waals surface area (Å²) in [5.74, 6) is 0. The zero-order chi connectivity index (χ0) is 10.1. The van der Waals surface area contributed by atoms with Crippen LogP contribution in [0.4, 0.5) is 4.79 Å². The van der Waals surface area contributed by atoms with Gasteiger partial charge in [-0.05, 0) is 49.6 Å². The second kappa shape index (κ2) is 3.90. The van der Waals surface area contributed by atoms with Crippen LogP contribution >= 0.6 is 31.9 Å². The van der Waals surface area contributed by atoms with Crippen molar-refractivity contribution in [1.29, 1.82) is 0 Å². The minimum atomic E-state index is -0.353. The summed E-state index contributed by atoms with van der Waals surface area (Å²) >= 11 is 6.79. The van der Waals surface area contributed by atoms with Crippen molar-refractivity contribution in [3.8, 4) is 0 Å². The van der Waals surface area contributed by atoms with Crippen LogP contribution in [0.25, 0.3) is 0 Å². The van der Waals surface area contributed by atoms with Crippen LogP contribution in [-0.2, 0) is 4.74 Å². The molecule has 0 radical (unpaired) electrons. The van der Waals surface area contributed by atoms with Crippen molar-refractivity contribution in [3.63, 3.8) is 0 Å². The van der Waals surface area contributed by atoms with Gasteiger partial charge in [0.05, 0.1) is 6.04 Å². The number of ether oxygens (including phenoxy) is 1. The molecule has 14 heavy (non-hydrogen) atoms. The maximum atomic E-state index is 10.8. The lowest BCUT2D eigenvalue weighted by atomic mass is 10.1. The minimum absolute atomic E-state index is 0.0353.